The van der Waals surface area contributed by atoms with E-state index in [0.29, 0.717) is 65.4 Å². The van der Waals surface area contributed by atoms with E-state index < -0.39 is 5.82 Å². The second-order valence-electron chi connectivity index (χ2n) is 9.35. The highest BCUT2D eigenvalue weighted by molar-refractivity contribution is 6.30. The van der Waals surface area contributed by atoms with Gasteiger partial charge in [0.05, 0.1) is 11.9 Å². The number of amides is 1. The number of nitrogens with zero attached hydrogens (tertiary/aromatic N) is 4. The van der Waals surface area contributed by atoms with Crippen molar-refractivity contribution in [2.75, 3.05) is 23.8 Å². The van der Waals surface area contributed by atoms with Crippen molar-refractivity contribution in [1.82, 2.24) is 19.5 Å². The second kappa shape index (κ2) is 9.94. The van der Waals surface area contributed by atoms with Gasteiger partial charge in [-0.1, -0.05) is 11.6 Å². The zero-order valence-corrected chi connectivity index (χ0v) is 20.3. The number of rotatable bonds is 6. The Morgan fingerprint density at radius 2 is 1.91 bits per heavy atom. The maximum Gasteiger partial charge on any atom is 0.224 e. The third-order valence-corrected chi connectivity index (χ3v) is 7.16. The van der Waals surface area contributed by atoms with Gasteiger partial charge in [-0.3, -0.25) is 9.36 Å². The third-order valence-electron chi connectivity index (χ3n) is 6.94. The molecule has 0 bridgehead atoms. The van der Waals surface area contributed by atoms with Gasteiger partial charge in [0.25, 0.3) is 0 Å². The standard InChI is InChI=1S/C24H29ClFN7O2/c1-13-10-15(25)11-18(26)20(13)31-24-30-19-12-28-23(29-16-6-8-35-9-7-16)32-22(19)33(24)17-4-2-14(3-5-17)21(27)34/h10-12,14,16-17H,2-9H2,1H3,(H2,27,34)(H,30,31)(H,28,29,32). The molecular formula is C24H29ClFN7O2. The van der Waals surface area contributed by atoms with Gasteiger partial charge in [-0.25, -0.2) is 14.4 Å². The van der Waals surface area contributed by atoms with E-state index in [1.165, 1.54) is 6.07 Å². The predicted octanol–water partition coefficient (Wildman–Crippen LogP) is 4.48. The average Bonchev–Trinajstić information content (AvgIpc) is 3.19. The van der Waals surface area contributed by atoms with E-state index in [9.17, 15) is 9.18 Å². The fourth-order valence-corrected chi connectivity index (χ4v) is 5.27. The molecule has 1 saturated heterocycles. The van der Waals surface area contributed by atoms with Crippen molar-refractivity contribution in [3.05, 3.63) is 34.7 Å². The number of hydrogen-bond donors (Lipinski definition) is 3. The molecule has 0 spiro atoms. The van der Waals surface area contributed by atoms with Crippen molar-refractivity contribution in [2.24, 2.45) is 11.7 Å². The molecule has 0 atom stereocenters. The number of carbonyl (C=O) groups excluding carboxylic acids is 1. The highest BCUT2D eigenvalue weighted by atomic mass is 35.5. The molecule has 35 heavy (non-hydrogen) atoms. The van der Waals surface area contributed by atoms with Crippen LogP contribution in [0.1, 0.15) is 50.1 Å². The molecule has 186 valence electrons. The summed E-state index contributed by atoms with van der Waals surface area (Å²) in [6.07, 6.45) is 6.31. The van der Waals surface area contributed by atoms with Crippen LogP contribution in [0.4, 0.5) is 22.0 Å². The minimum atomic E-state index is -0.459. The summed E-state index contributed by atoms with van der Waals surface area (Å²) in [6.45, 7) is 3.21. The average molecular weight is 502 g/mol. The molecule has 9 nitrogen and oxygen atoms in total. The minimum Gasteiger partial charge on any atom is -0.381 e. The number of anilines is 3. The maximum atomic E-state index is 14.8. The number of carbonyl (C=O) groups is 1. The van der Waals surface area contributed by atoms with E-state index in [0.717, 1.165) is 25.7 Å². The largest absolute Gasteiger partial charge is 0.381 e. The lowest BCUT2D eigenvalue weighted by atomic mass is 9.85. The summed E-state index contributed by atoms with van der Waals surface area (Å²) in [5.74, 6) is 0.148. The first kappa shape index (κ1) is 23.7. The topological polar surface area (TPSA) is 120 Å². The van der Waals surface area contributed by atoms with E-state index in [4.69, 9.17) is 32.0 Å². The van der Waals surface area contributed by atoms with Gasteiger partial charge in [-0.15, -0.1) is 0 Å². The molecule has 2 aromatic heterocycles. The number of primary amides is 1. The zero-order chi connectivity index (χ0) is 24.5. The molecule has 3 heterocycles. The fourth-order valence-electron chi connectivity index (χ4n) is 5.01. The lowest BCUT2D eigenvalue weighted by Crippen LogP contribution is -2.29. The van der Waals surface area contributed by atoms with Gasteiger partial charge >= 0.3 is 0 Å². The summed E-state index contributed by atoms with van der Waals surface area (Å²) in [5.41, 5.74) is 7.79. The summed E-state index contributed by atoms with van der Waals surface area (Å²) < 4.78 is 22.3. The van der Waals surface area contributed by atoms with E-state index >= 15 is 0 Å². The summed E-state index contributed by atoms with van der Waals surface area (Å²) in [5, 5.41) is 6.92. The molecular weight excluding hydrogens is 473 g/mol. The van der Waals surface area contributed by atoms with E-state index in [-0.39, 0.29) is 23.9 Å². The third kappa shape index (κ3) is 5.04. The molecule has 5 rings (SSSR count). The first-order valence-electron chi connectivity index (χ1n) is 12.0. The van der Waals surface area contributed by atoms with Gasteiger partial charge in [0.15, 0.2) is 5.65 Å². The Morgan fingerprint density at radius 1 is 1.17 bits per heavy atom. The molecule has 4 N–H and O–H groups in total. The summed E-state index contributed by atoms with van der Waals surface area (Å²) >= 11 is 6.02. The van der Waals surface area contributed by atoms with Gasteiger partial charge in [0.1, 0.15) is 11.3 Å². The number of imidazole rings is 1. The number of fused-ring (bicyclic) bond motifs is 1. The quantitative estimate of drug-likeness (QED) is 0.455. The van der Waals surface area contributed by atoms with Crippen LogP contribution in [0.5, 0.6) is 0 Å². The first-order chi connectivity index (χ1) is 16.9. The van der Waals surface area contributed by atoms with Gasteiger partial charge in [0, 0.05) is 36.2 Å². The second-order valence-corrected chi connectivity index (χ2v) is 9.79. The number of nitrogens with one attached hydrogen (secondary N) is 2. The van der Waals surface area contributed by atoms with E-state index in [1.54, 1.807) is 19.2 Å². The molecule has 0 unspecified atom stereocenters. The molecule has 1 saturated carbocycles. The van der Waals surface area contributed by atoms with Crippen LogP contribution >= 0.6 is 11.6 Å². The summed E-state index contributed by atoms with van der Waals surface area (Å²) in [6, 6.07) is 3.25. The van der Waals surface area contributed by atoms with Crippen LogP contribution in [0.25, 0.3) is 11.2 Å². The van der Waals surface area contributed by atoms with Crippen LogP contribution in [-0.4, -0.2) is 44.7 Å². The van der Waals surface area contributed by atoms with Crippen molar-refractivity contribution < 1.29 is 13.9 Å². The lowest BCUT2D eigenvalue weighted by Gasteiger charge is -2.29. The van der Waals surface area contributed by atoms with Crippen LogP contribution in [0, 0.1) is 18.7 Å². The first-order valence-corrected chi connectivity index (χ1v) is 12.4. The SMILES string of the molecule is Cc1cc(Cl)cc(F)c1Nc1nc2cnc(NC3CCOCC3)nc2n1C1CCC(C(N)=O)CC1. The van der Waals surface area contributed by atoms with Gasteiger partial charge in [-0.05, 0) is 63.1 Å². The number of halogens is 2. The van der Waals surface area contributed by atoms with Crippen molar-refractivity contribution in [3.63, 3.8) is 0 Å². The summed E-state index contributed by atoms with van der Waals surface area (Å²) in [4.78, 5) is 25.7. The Morgan fingerprint density at radius 3 is 2.60 bits per heavy atom. The van der Waals surface area contributed by atoms with Crippen LogP contribution < -0.4 is 16.4 Å². The van der Waals surface area contributed by atoms with E-state index in [1.807, 2.05) is 4.57 Å². The molecule has 3 aromatic rings. The van der Waals surface area contributed by atoms with Crippen molar-refractivity contribution in [1.29, 1.82) is 0 Å². The molecule has 1 amide bonds. The number of benzene rings is 1. The zero-order valence-electron chi connectivity index (χ0n) is 19.6. The highest BCUT2D eigenvalue weighted by Gasteiger charge is 2.29. The monoisotopic (exact) mass is 501 g/mol. The normalized spacial score (nSPS) is 21.2. The number of hydrogen-bond acceptors (Lipinski definition) is 7. The van der Waals surface area contributed by atoms with Crippen LogP contribution in [0.15, 0.2) is 18.3 Å². The number of aromatic nitrogens is 4. The lowest BCUT2D eigenvalue weighted by molar-refractivity contribution is -0.122. The molecule has 0 radical (unpaired) electrons. The molecule has 1 aromatic carbocycles. The molecule has 1 aliphatic heterocycles. The van der Waals surface area contributed by atoms with Gasteiger partial charge < -0.3 is 21.1 Å². The molecule has 2 aliphatic rings. The Bertz CT molecular complexity index is 1210. The molecule has 1 aliphatic carbocycles. The minimum absolute atomic E-state index is 0.0274. The smallest absolute Gasteiger partial charge is 0.224 e. The van der Waals surface area contributed by atoms with E-state index in [2.05, 4.69) is 15.6 Å². The van der Waals surface area contributed by atoms with Gasteiger partial charge in [0.2, 0.25) is 17.8 Å². The number of ether oxygens (including phenoxy) is 1. The molecule has 2 fully saturated rings. The van der Waals surface area contributed by atoms with Crippen LogP contribution in [0.3, 0.4) is 0 Å². The Hall–Kier alpha value is -2.98. The highest BCUT2D eigenvalue weighted by Crippen LogP contribution is 2.38. The van der Waals surface area contributed by atoms with Crippen LogP contribution in [-0.2, 0) is 9.53 Å². The Kier molecular flexibility index (Phi) is 6.75. The maximum absolute atomic E-state index is 14.8. The fraction of sp³-hybridized carbons (Fsp3) is 0.500. The van der Waals surface area contributed by atoms with Crippen molar-refractivity contribution >= 4 is 46.3 Å². The number of aryl methyl sites for hydroxylation is 1. The predicted molar refractivity (Wildman–Crippen MR) is 132 cm³/mol. The Balaban J connectivity index is 1.52. The van der Waals surface area contributed by atoms with Gasteiger partial charge in [-0.2, -0.15) is 4.98 Å². The number of nitrogens with two attached hydrogens (primary N) is 1. The molecule has 11 heteroatoms. The van der Waals surface area contributed by atoms with Crippen LogP contribution in [0.2, 0.25) is 5.02 Å². The van der Waals surface area contributed by atoms with Crippen molar-refractivity contribution in [3.8, 4) is 0 Å². The van der Waals surface area contributed by atoms with Crippen molar-refractivity contribution in [2.45, 2.75) is 57.5 Å². The Labute approximate surface area is 207 Å². The summed E-state index contributed by atoms with van der Waals surface area (Å²) in [7, 11) is 0.